The lowest BCUT2D eigenvalue weighted by atomic mass is 9.99. The van der Waals surface area contributed by atoms with Crippen molar-refractivity contribution in [2.45, 2.75) is 84.9 Å². The number of nitrogens with one attached hydrogen (secondary N) is 2. The fraction of sp³-hybridized carbons (Fsp3) is 0.452. The summed E-state index contributed by atoms with van der Waals surface area (Å²) in [5, 5.41) is 6.00. The third-order valence-electron chi connectivity index (χ3n) is 6.13. The summed E-state index contributed by atoms with van der Waals surface area (Å²) in [6.07, 6.45) is 4.64. The summed E-state index contributed by atoms with van der Waals surface area (Å²) in [6, 6.07) is 10.8. The number of amides is 3. The smallest absolute Gasteiger partial charge is 0.408 e. The van der Waals surface area contributed by atoms with Crippen molar-refractivity contribution >= 4 is 41.3 Å². The molecule has 0 aliphatic rings. The molecular weight excluding hydrogens is 514 g/mol. The standard InChI is InChI=1S/C31H42ClN3O4/c1-8-10-11-12-19-35(29(37)22(4)33-30(38)39-31(5,6)7)27(24-17-14-16-23(9-2)20-24)28(36)34-26-21(3)15-13-18-25(26)32/h9,13-18,20,22,27H,2,8,10-12,19H2,1,3-7H3,(H,33,38)(H,34,36). The van der Waals surface area contributed by atoms with Crippen molar-refractivity contribution in [3.63, 3.8) is 0 Å². The fourth-order valence-electron chi connectivity index (χ4n) is 4.18. The van der Waals surface area contributed by atoms with Crippen LogP contribution in [-0.4, -0.2) is 41.0 Å². The first-order valence-corrected chi connectivity index (χ1v) is 13.8. The maximum atomic E-state index is 14.0. The first-order valence-electron chi connectivity index (χ1n) is 13.5. The van der Waals surface area contributed by atoms with Crippen LogP contribution < -0.4 is 10.6 Å². The summed E-state index contributed by atoms with van der Waals surface area (Å²) >= 11 is 6.42. The van der Waals surface area contributed by atoms with Crippen LogP contribution in [0.25, 0.3) is 6.08 Å². The van der Waals surface area contributed by atoms with Crippen LogP contribution >= 0.6 is 11.6 Å². The van der Waals surface area contributed by atoms with Gasteiger partial charge in [0.15, 0.2) is 0 Å². The number of carbonyl (C=O) groups is 3. The van der Waals surface area contributed by atoms with E-state index in [1.165, 1.54) is 0 Å². The molecule has 0 heterocycles. The van der Waals surface area contributed by atoms with Crippen molar-refractivity contribution in [3.8, 4) is 0 Å². The van der Waals surface area contributed by atoms with Gasteiger partial charge in [0, 0.05) is 6.54 Å². The molecule has 0 radical (unpaired) electrons. The molecule has 2 rings (SSSR count). The van der Waals surface area contributed by atoms with E-state index in [1.54, 1.807) is 44.7 Å². The van der Waals surface area contributed by atoms with E-state index in [-0.39, 0.29) is 0 Å². The van der Waals surface area contributed by atoms with Gasteiger partial charge in [-0.1, -0.05) is 80.8 Å². The summed E-state index contributed by atoms with van der Waals surface area (Å²) in [4.78, 5) is 41.9. The minimum atomic E-state index is -0.974. The second-order valence-corrected chi connectivity index (χ2v) is 11.1. The van der Waals surface area contributed by atoms with Crippen molar-refractivity contribution < 1.29 is 19.1 Å². The van der Waals surface area contributed by atoms with Crippen LogP contribution in [0, 0.1) is 6.92 Å². The molecule has 2 aromatic rings. The highest BCUT2D eigenvalue weighted by molar-refractivity contribution is 6.34. The number of ether oxygens (including phenoxy) is 1. The van der Waals surface area contributed by atoms with Crippen molar-refractivity contribution in [1.29, 1.82) is 0 Å². The molecule has 3 amide bonds. The van der Waals surface area contributed by atoms with Crippen LogP contribution in [0.4, 0.5) is 10.5 Å². The van der Waals surface area contributed by atoms with Gasteiger partial charge < -0.3 is 20.3 Å². The third kappa shape index (κ3) is 9.74. The first-order chi connectivity index (χ1) is 18.4. The van der Waals surface area contributed by atoms with Crippen molar-refractivity contribution in [3.05, 3.63) is 70.8 Å². The lowest BCUT2D eigenvalue weighted by Crippen LogP contribution is -2.51. The SMILES string of the molecule is C=Cc1cccc(C(C(=O)Nc2c(C)cccc2Cl)N(CCCCCC)C(=O)C(C)NC(=O)OC(C)(C)C)c1. The highest BCUT2D eigenvalue weighted by Gasteiger charge is 2.35. The van der Waals surface area contributed by atoms with Crippen LogP contribution in [0.5, 0.6) is 0 Å². The molecule has 0 spiro atoms. The zero-order chi connectivity index (χ0) is 29.2. The average Bonchev–Trinajstić information content (AvgIpc) is 2.86. The van der Waals surface area contributed by atoms with Gasteiger partial charge >= 0.3 is 6.09 Å². The van der Waals surface area contributed by atoms with Gasteiger partial charge in [0.1, 0.15) is 17.7 Å². The molecule has 39 heavy (non-hydrogen) atoms. The Bertz CT molecular complexity index is 1140. The van der Waals surface area contributed by atoms with Crippen molar-refractivity contribution in [2.75, 3.05) is 11.9 Å². The number of para-hydroxylation sites is 1. The summed E-state index contributed by atoms with van der Waals surface area (Å²) in [6.45, 7) is 15.0. The van der Waals surface area contributed by atoms with Gasteiger partial charge in [0.05, 0.1) is 10.7 Å². The first kappa shape index (κ1) is 31.9. The van der Waals surface area contributed by atoms with Crippen molar-refractivity contribution in [1.82, 2.24) is 10.2 Å². The van der Waals surface area contributed by atoms with Crippen molar-refractivity contribution in [2.24, 2.45) is 0 Å². The largest absolute Gasteiger partial charge is 0.444 e. The molecule has 0 fully saturated rings. The molecule has 0 aliphatic heterocycles. The Labute approximate surface area is 237 Å². The number of carbonyl (C=O) groups excluding carboxylic acids is 3. The molecule has 0 aromatic heterocycles. The number of benzene rings is 2. The van der Waals surface area contributed by atoms with Gasteiger partial charge in [-0.15, -0.1) is 0 Å². The van der Waals surface area contributed by atoms with E-state index in [4.69, 9.17) is 16.3 Å². The maximum Gasteiger partial charge on any atom is 0.408 e. The van der Waals surface area contributed by atoms with Gasteiger partial charge in [-0.3, -0.25) is 9.59 Å². The van der Waals surface area contributed by atoms with Crippen LogP contribution in [0.3, 0.4) is 0 Å². The molecule has 0 saturated heterocycles. The molecule has 2 unspecified atom stereocenters. The Kier molecular flexibility index (Phi) is 12.0. The lowest BCUT2D eigenvalue weighted by molar-refractivity contribution is -0.140. The quantitative estimate of drug-likeness (QED) is 0.269. The van der Waals surface area contributed by atoms with Gasteiger partial charge in [-0.25, -0.2) is 4.79 Å². The van der Waals surface area contributed by atoms with Gasteiger partial charge in [-0.2, -0.15) is 0 Å². The number of rotatable bonds is 12. The highest BCUT2D eigenvalue weighted by Crippen LogP contribution is 2.30. The zero-order valence-corrected chi connectivity index (χ0v) is 24.7. The number of anilines is 1. The number of hydrogen-bond donors (Lipinski definition) is 2. The van der Waals surface area contributed by atoms with E-state index < -0.39 is 35.6 Å². The number of hydrogen-bond acceptors (Lipinski definition) is 4. The minimum Gasteiger partial charge on any atom is -0.444 e. The summed E-state index contributed by atoms with van der Waals surface area (Å²) < 4.78 is 5.35. The van der Waals surface area contributed by atoms with E-state index in [2.05, 4.69) is 24.1 Å². The Morgan fingerprint density at radius 2 is 1.79 bits per heavy atom. The predicted molar refractivity (Wildman–Crippen MR) is 159 cm³/mol. The zero-order valence-electron chi connectivity index (χ0n) is 24.0. The average molecular weight is 556 g/mol. The number of aryl methyl sites for hydroxylation is 1. The van der Waals surface area contributed by atoms with Gasteiger partial charge in [-0.05, 0) is 69.9 Å². The number of alkyl carbamates (subject to hydrolysis) is 1. The van der Waals surface area contributed by atoms with Crippen LogP contribution in [0.15, 0.2) is 49.0 Å². The molecule has 7 nitrogen and oxygen atoms in total. The van der Waals surface area contributed by atoms with E-state index >= 15 is 0 Å². The Morgan fingerprint density at radius 3 is 2.41 bits per heavy atom. The van der Waals surface area contributed by atoms with Crippen LogP contribution in [-0.2, 0) is 14.3 Å². The number of unbranched alkanes of at least 4 members (excludes halogenated alkanes) is 3. The van der Waals surface area contributed by atoms with E-state index in [0.29, 0.717) is 29.2 Å². The predicted octanol–water partition coefficient (Wildman–Crippen LogP) is 7.29. The molecule has 2 aromatic carbocycles. The molecule has 8 heteroatoms. The molecule has 0 bridgehead atoms. The second-order valence-electron chi connectivity index (χ2n) is 10.7. The third-order valence-corrected chi connectivity index (χ3v) is 6.45. The topological polar surface area (TPSA) is 87.7 Å². The summed E-state index contributed by atoms with van der Waals surface area (Å²) in [5.41, 5.74) is 2.02. The highest BCUT2D eigenvalue weighted by atomic mass is 35.5. The van der Waals surface area contributed by atoms with Crippen LogP contribution in [0.2, 0.25) is 5.02 Å². The van der Waals surface area contributed by atoms with Gasteiger partial charge in [0.2, 0.25) is 5.91 Å². The number of halogens is 1. The Morgan fingerprint density at radius 1 is 1.10 bits per heavy atom. The van der Waals surface area contributed by atoms with Gasteiger partial charge in [0.25, 0.3) is 5.91 Å². The second kappa shape index (κ2) is 14.7. The fourth-order valence-corrected chi connectivity index (χ4v) is 4.45. The minimum absolute atomic E-state index is 0.330. The Hall–Kier alpha value is -3.32. The van der Waals surface area contributed by atoms with Crippen LogP contribution in [0.1, 0.15) is 83.0 Å². The maximum absolute atomic E-state index is 14.0. The van der Waals surface area contributed by atoms with E-state index in [9.17, 15) is 14.4 Å². The molecule has 2 atom stereocenters. The Balaban J connectivity index is 2.51. The normalized spacial score (nSPS) is 12.7. The monoisotopic (exact) mass is 555 g/mol. The molecule has 0 aliphatic carbocycles. The van der Waals surface area contributed by atoms with E-state index in [1.807, 2.05) is 43.3 Å². The summed E-state index contributed by atoms with van der Waals surface area (Å²) in [7, 11) is 0. The summed E-state index contributed by atoms with van der Waals surface area (Å²) in [5.74, 6) is -0.793. The molecular formula is C31H42ClN3O4. The number of nitrogens with zero attached hydrogens (tertiary/aromatic N) is 1. The van der Waals surface area contributed by atoms with E-state index in [0.717, 1.165) is 30.4 Å². The molecule has 0 saturated carbocycles. The molecule has 2 N–H and O–H groups in total. The lowest BCUT2D eigenvalue weighted by Gasteiger charge is -2.34. The molecule has 212 valence electrons.